The number of rotatable bonds is 7. The predicted octanol–water partition coefficient (Wildman–Crippen LogP) is 2.64. The Morgan fingerprint density at radius 1 is 0.951 bits per heavy atom. The molecule has 10 heteroatoms. The molecule has 3 aromatic carbocycles. The number of para-hydroxylation sites is 1. The minimum absolute atomic E-state index is 0.0297. The number of nitrogens with zero attached hydrogens (tertiary/aromatic N) is 5. The molecule has 41 heavy (non-hydrogen) atoms. The van der Waals surface area contributed by atoms with E-state index in [9.17, 15) is 19.5 Å². The Kier molecular flexibility index (Phi) is 8.11. The molecule has 0 aliphatic carbocycles. The van der Waals surface area contributed by atoms with Crippen molar-refractivity contribution in [1.29, 1.82) is 0 Å². The van der Waals surface area contributed by atoms with Gasteiger partial charge in [-0.05, 0) is 34.9 Å². The van der Waals surface area contributed by atoms with Gasteiger partial charge >= 0.3 is 6.03 Å². The number of urea groups is 1. The van der Waals surface area contributed by atoms with Crippen LogP contribution < -0.4 is 10.2 Å². The lowest BCUT2D eigenvalue weighted by molar-refractivity contribution is -0.187. The van der Waals surface area contributed by atoms with Gasteiger partial charge in [-0.15, -0.1) is 0 Å². The fourth-order valence-electron chi connectivity index (χ4n) is 5.64. The number of amides is 4. The molecule has 2 saturated heterocycles. The van der Waals surface area contributed by atoms with Crippen LogP contribution in [-0.2, 0) is 29.1 Å². The molecule has 214 valence electrons. The number of anilines is 1. The van der Waals surface area contributed by atoms with Gasteiger partial charge in [0.05, 0.1) is 13.1 Å². The van der Waals surface area contributed by atoms with Crippen LogP contribution in [0, 0.1) is 0 Å². The molecule has 2 heterocycles. The van der Waals surface area contributed by atoms with E-state index in [0.29, 0.717) is 13.1 Å². The van der Waals surface area contributed by atoms with Gasteiger partial charge in [0.1, 0.15) is 18.0 Å². The molecule has 3 aromatic rings. The average Bonchev–Trinajstić information content (AvgIpc) is 2.95. The van der Waals surface area contributed by atoms with Crippen LogP contribution in [0.2, 0.25) is 0 Å². The molecule has 0 saturated carbocycles. The Bertz CT molecular complexity index is 1400. The normalized spacial score (nSPS) is 19.2. The molecule has 5 rings (SSSR count). The first-order valence-electron chi connectivity index (χ1n) is 13.7. The van der Waals surface area contributed by atoms with E-state index in [0.717, 1.165) is 22.4 Å². The Balaban J connectivity index is 1.48. The number of hydrazine groups is 1. The highest BCUT2D eigenvalue weighted by atomic mass is 16.3. The molecule has 0 radical (unpaired) electrons. The van der Waals surface area contributed by atoms with Crippen molar-refractivity contribution >= 4 is 23.5 Å². The summed E-state index contributed by atoms with van der Waals surface area (Å²) in [7, 11) is 5.63. The first-order chi connectivity index (χ1) is 19.7. The summed E-state index contributed by atoms with van der Waals surface area (Å²) in [6.45, 7) is 0.807. The molecule has 2 aliphatic rings. The number of hydrogen-bond donors (Lipinski definition) is 2. The van der Waals surface area contributed by atoms with Crippen LogP contribution in [-0.4, -0.2) is 89.2 Å². The Labute approximate surface area is 240 Å². The second-order valence-electron chi connectivity index (χ2n) is 10.7. The fourth-order valence-corrected chi connectivity index (χ4v) is 5.64. The maximum absolute atomic E-state index is 14.1. The van der Waals surface area contributed by atoms with Crippen molar-refractivity contribution in [2.24, 2.45) is 0 Å². The van der Waals surface area contributed by atoms with Crippen molar-refractivity contribution < 1.29 is 19.5 Å². The van der Waals surface area contributed by atoms with E-state index in [-0.39, 0.29) is 43.1 Å². The van der Waals surface area contributed by atoms with E-state index in [2.05, 4.69) is 5.32 Å². The van der Waals surface area contributed by atoms with Crippen molar-refractivity contribution in [3.63, 3.8) is 0 Å². The second kappa shape index (κ2) is 11.9. The van der Waals surface area contributed by atoms with Crippen LogP contribution in [0.3, 0.4) is 0 Å². The molecule has 1 unspecified atom stereocenters. The first kappa shape index (κ1) is 28.0. The zero-order valence-electron chi connectivity index (χ0n) is 23.6. The third-order valence-corrected chi connectivity index (χ3v) is 7.63. The maximum Gasteiger partial charge on any atom is 0.334 e. The standard InChI is InChI=1S/C31H36N6O4/c1-33(2)26-12-8-7-11-24(26)19-35-20-28-36(27(30(35)40)17-22-13-15-25(38)16-14-22)29(39)21-34(3)37(28)31(41)32-18-23-9-5-4-6-10-23/h4-16,27-28,38H,17-21H2,1-3H3,(H,32,41)/t27-,28?/m0/s1. The highest BCUT2D eigenvalue weighted by Crippen LogP contribution is 2.30. The van der Waals surface area contributed by atoms with Crippen LogP contribution in [0.25, 0.3) is 0 Å². The molecule has 0 bridgehead atoms. The van der Waals surface area contributed by atoms with Gasteiger partial charge in [-0.2, -0.15) is 0 Å². The Morgan fingerprint density at radius 2 is 1.63 bits per heavy atom. The van der Waals surface area contributed by atoms with Gasteiger partial charge < -0.3 is 25.1 Å². The molecule has 2 N–H and O–H groups in total. The summed E-state index contributed by atoms with van der Waals surface area (Å²) in [6, 6.07) is 23.0. The number of fused-ring (bicyclic) bond motifs is 1. The van der Waals surface area contributed by atoms with Crippen molar-refractivity contribution in [2.75, 3.05) is 39.1 Å². The summed E-state index contributed by atoms with van der Waals surface area (Å²) in [4.78, 5) is 46.6. The topological polar surface area (TPSA) is 99.7 Å². The number of phenols is 1. The Hall–Kier alpha value is -4.57. The third-order valence-electron chi connectivity index (χ3n) is 7.63. The quantitative estimate of drug-likeness (QED) is 0.464. The summed E-state index contributed by atoms with van der Waals surface area (Å²) in [6.07, 6.45) is -0.431. The number of hydrogen-bond acceptors (Lipinski definition) is 6. The van der Waals surface area contributed by atoms with Gasteiger partial charge in [-0.1, -0.05) is 60.7 Å². The molecule has 0 aromatic heterocycles. The highest BCUT2D eigenvalue weighted by molar-refractivity contribution is 5.91. The van der Waals surface area contributed by atoms with E-state index in [1.807, 2.05) is 73.6 Å². The summed E-state index contributed by atoms with van der Waals surface area (Å²) >= 11 is 0. The smallest absolute Gasteiger partial charge is 0.334 e. The van der Waals surface area contributed by atoms with Gasteiger partial charge in [0, 0.05) is 46.3 Å². The van der Waals surface area contributed by atoms with Crippen molar-refractivity contribution in [3.05, 3.63) is 95.6 Å². The molecule has 0 spiro atoms. The largest absolute Gasteiger partial charge is 0.508 e. The van der Waals surface area contributed by atoms with E-state index < -0.39 is 12.2 Å². The second-order valence-corrected chi connectivity index (χ2v) is 10.7. The summed E-state index contributed by atoms with van der Waals surface area (Å²) in [5.41, 5.74) is 3.73. The molecular formula is C31H36N6O4. The summed E-state index contributed by atoms with van der Waals surface area (Å²) in [5, 5.41) is 16.0. The fraction of sp³-hybridized carbons (Fsp3) is 0.323. The SMILES string of the molecule is CN(C)c1ccccc1CN1CC2N(C(=O)CN(C)N2C(=O)NCc2ccccc2)[C@@H](Cc2ccc(O)cc2)C1=O. The lowest BCUT2D eigenvalue weighted by Crippen LogP contribution is -2.76. The minimum Gasteiger partial charge on any atom is -0.508 e. The van der Waals surface area contributed by atoms with Gasteiger partial charge in [-0.25, -0.2) is 14.8 Å². The van der Waals surface area contributed by atoms with Crippen molar-refractivity contribution in [3.8, 4) is 5.75 Å². The molecule has 2 aliphatic heterocycles. The predicted molar refractivity (Wildman–Crippen MR) is 156 cm³/mol. The first-order valence-corrected chi connectivity index (χ1v) is 13.7. The minimum atomic E-state index is -0.810. The van der Waals surface area contributed by atoms with Gasteiger partial charge in [0.25, 0.3) is 0 Å². The molecular weight excluding hydrogens is 520 g/mol. The van der Waals surface area contributed by atoms with Crippen LogP contribution in [0.15, 0.2) is 78.9 Å². The highest BCUT2D eigenvalue weighted by Gasteiger charge is 2.50. The van der Waals surface area contributed by atoms with E-state index >= 15 is 0 Å². The third kappa shape index (κ3) is 5.97. The zero-order chi connectivity index (χ0) is 29.1. The van der Waals surface area contributed by atoms with E-state index in [1.54, 1.807) is 51.1 Å². The average molecular weight is 557 g/mol. The van der Waals surface area contributed by atoms with E-state index in [4.69, 9.17) is 0 Å². The number of nitrogens with one attached hydrogen (secondary N) is 1. The van der Waals surface area contributed by atoms with E-state index in [1.165, 1.54) is 0 Å². The lowest BCUT2D eigenvalue weighted by Gasteiger charge is -2.54. The van der Waals surface area contributed by atoms with Crippen LogP contribution >= 0.6 is 0 Å². The number of phenolic OH excluding ortho intramolecular Hbond substituents is 1. The number of carbonyl (C=O) groups excluding carboxylic acids is 3. The molecule has 10 nitrogen and oxygen atoms in total. The van der Waals surface area contributed by atoms with Gasteiger partial charge in [0.15, 0.2) is 0 Å². The summed E-state index contributed by atoms with van der Waals surface area (Å²) in [5.74, 6) is -0.263. The molecule has 4 amide bonds. The lowest BCUT2D eigenvalue weighted by atomic mass is 9.98. The van der Waals surface area contributed by atoms with Gasteiger partial charge in [-0.3, -0.25) is 9.59 Å². The Morgan fingerprint density at radius 3 is 2.34 bits per heavy atom. The number of benzene rings is 3. The zero-order valence-corrected chi connectivity index (χ0v) is 23.6. The number of carbonyl (C=O) groups is 3. The molecule has 2 fully saturated rings. The van der Waals surface area contributed by atoms with Crippen LogP contribution in [0.4, 0.5) is 10.5 Å². The number of piperazine rings is 1. The van der Waals surface area contributed by atoms with Crippen LogP contribution in [0.1, 0.15) is 16.7 Å². The summed E-state index contributed by atoms with van der Waals surface area (Å²) < 4.78 is 0. The van der Waals surface area contributed by atoms with Crippen LogP contribution in [0.5, 0.6) is 5.75 Å². The van der Waals surface area contributed by atoms with Crippen molar-refractivity contribution in [2.45, 2.75) is 31.7 Å². The monoisotopic (exact) mass is 556 g/mol. The number of aromatic hydroxyl groups is 1. The number of likely N-dealkylation sites (N-methyl/N-ethyl adjacent to an activating group) is 1. The maximum atomic E-state index is 14.1. The van der Waals surface area contributed by atoms with Crippen molar-refractivity contribution in [1.82, 2.24) is 25.1 Å². The molecule has 2 atom stereocenters. The van der Waals surface area contributed by atoms with Gasteiger partial charge in [0.2, 0.25) is 11.8 Å².